The number of allylic oxidation sites excluding steroid dienone is 8. The van der Waals surface area contributed by atoms with Gasteiger partial charge in [-0.2, -0.15) is 0 Å². The van der Waals surface area contributed by atoms with Crippen LogP contribution in [0.3, 0.4) is 0 Å². The van der Waals surface area contributed by atoms with Crippen LogP contribution >= 0.6 is 0 Å². The summed E-state index contributed by atoms with van der Waals surface area (Å²) in [5.74, 6) is -0.604. The number of carbonyl (C=O) groups excluding carboxylic acids is 2. The first-order chi connectivity index (χ1) is 21.6. The van der Waals surface area contributed by atoms with Gasteiger partial charge in [0.25, 0.3) is 0 Å². The number of hydrogen-bond acceptors (Lipinski definition) is 5. The van der Waals surface area contributed by atoms with Crippen molar-refractivity contribution in [2.24, 2.45) is 0 Å². The van der Waals surface area contributed by atoms with Gasteiger partial charge >= 0.3 is 11.9 Å². The van der Waals surface area contributed by atoms with Crippen LogP contribution in [0.1, 0.15) is 168 Å². The molecule has 254 valence electrons. The third-order valence-corrected chi connectivity index (χ3v) is 7.64. The molecule has 0 aliphatic carbocycles. The van der Waals surface area contributed by atoms with Crippen molar-refractivity contribution in [3.8, 4) is 0 Å². The number of ether oxygens (including phenoxy) is 2. The van der Waals surface area contributed by atoms with Crippen LogP contribution in [0.25, 0.3) is 0 Å². The Hall–Kier alpha value is -2.14. The molecule has 0 bridgehead atoms. The summed E-state index contributed by atoms with van der Waals surface area (Å²) in [6.07, 6.45) is 43.3. The summed E-state index contributed by atoms with van der Waals surface area (Å²) in [5.41, 5.74) is 0. The number of aliphatic hydroxyl groups excluding tert-OH is 1. The average Bonchev–Trinajstić information content (AvgIpc) is 3.02. The molecule has 0 aromatic carbocycles. The summed E-state index contributed by atoms with van der Waals surface area (Å²) >= 11 is 0. The fourth-order valence-corrected chi connectivity index (χ4v) is 4.90. The van der Waals surface area contributed by atoms with E-state index in [2.05, 4.69) is 62.5 Å². The maximum absolute atomic E-state index is 12.1. The second-order valence-electron chi connectivity index (χ2n) is 11.9. The van der Waals surface area contributed by atoms with E-state index in [1.54, 1.807) is 0 Å². The van der Waals surface area contributed by atoms with E-state index in [0.717, 1.165) is 64.2 Å². The Morgan fingerprint density at radius 3 is 1.48 bits per heavy atom. The van der Waals surface area contributed by atoms with E-state index in [-0.39, 0.29) is 25.2 Å². The lowest BCUT2D eigenvalue weighted by Gasteiger charge is -2.15. The predicted molar refractivity (Wildman–Crippen MR) is 187 cm³/mol. The van der Waals surface area contributed by atoms with Crippen molar-refractivity contribution in [1.82, 2.24) is 0 Å². The number of hydrogen-bond donors (Lipinski definition) is 1. The van der Waals surface area contributed by atoms with Gasteiger partial charge in [-0.05, 0) is 51.4 Å². The van der Waals surface area contributed by atoms with E-state index in [1.807, 2.05) is 0 Å². The van der Waals surface area contributed by atoms with E-state index in [1.165, 1.54) is 77.0 Å². The van der Waals surface area contributed by atoms with Crippen LogP contribution in [-0.2, 0) is 19.1 Å². The summed E-state index contributed by atoms with van der Waals surface area (Å²) < 4.78 is 10.5. The zero-order valence-electron chi connectivity index (χ0n) is 28.7. The Morgan fingerprint density at radius 1 is 0.545 bits per heavy atom. The molecule has 0 aromatic heterocycles. The zero-order chi connectivity index (χ0) is 32.2. The smallest absolute Gasteiger partial charge is 0.306 e. The quantitative estimate of drug-likeness (QED) is 0.0462. The van der Waals surface area contributed by atoms with Gasteiger partial charge in [0.05, 0.1) is 6.61 Å². The molecule has 0 amide bonds. The van der Waals surface area contributed by atoms with Gasteiger partial charge in [0, 0.05) is 12.8 Å². The van der Waals surface area contributed by atoms with Crippen molar-refractivity contribution >= 4 is 11.9 Å². The van der Waals surface area contributed by atoms with Crippen molar-refractivity contribution in [3.05, 3.63) is 48.6 Å². The van der Waals surface area contributed by atoms with E-state index >= 15 is 0 Å². The van der Waals surface area contributed by atoms with Crippen molar-refractivity contribution in [1.29, 1.82) is 0 Å². The van der Waals surface area contributed by atoms with Crippen LogP contribution < -0.4 is 0 Å². The summed E-state index contributed by atoms with van der Waals surface area (Å²) in [5, 5.41) is 9.48. The van der Waals surface area contributed by atoms with E-state index < -0.39 is 6.10 Å². The Morgan fingerprint density at radius 2 is 0.977 bits per heavy atom. The zero-order valence-corrected chi connectivity index (χ0v) is 28.7. The van der Waals surface area contributed by atoms with Crippen molar-refractivity contribution in [2.75, 3.05) is 13.2 Å². The third-order valence-electron chi connectivity index (χ3n) is 7.64. The van der Waals surface area contributed by atoms with Gasteiger partial charge < -0.3 is 14.6 Å². The van der Waals surface area contributed by atoms with Gasteiger partial charge in [0.1, 0.15) is 6.61 Å². The third kappa shape index (κ3) is 32.8. The molecule has 0 radical (unpaired) electrons. The molecule has 0 aliphatic heterocycles. The van der Waals surface area contributed by atoms with E-state index in [0.29, 0.717) is 12.8 Å². The van der Waals surface area contributed by atoms with Gasteiger partial charge in [0.15, 0.2) is 6.10 Å². The van der Waals surface area contributed by atoms with E-state index in [9.17, 15) is 14.7 Å². The standard InChI is InChI=1S/C39H68O5/c1-3-5-7-9-11-12-13-14-15-16-17-18-19-20-21-22-23-24-25-26-28-30-32-34-39(42)44-37(35-40)36-43-38(41)33-31-29-27-10-8-6-4-2/h5,7,11-12,14-15,17-18,37,40H,3-4,6,8-10,13,16,19-36H2,1-2H3/b7-5-,12-11-,15-14-,18-17-. The van der Waals surface area contributed by atoms with Crippen LogP contribution in [0.5, 0.6) is 0 Å². The van der Waals surface area contributed by atoms with Gasteiger partial charge in [-0.1, -0.05) is 152 Å². The lowest BCUT2D eigenvalue weighted by molar-refractivity contribution is -0.161. The molecule has 5 nitrogen and oxygen atoms in total. The lowest BCUT2D eigenvalue weighted by atomic mass is 10.0. The molecule has 0 saturated heterocycles. The summed E-state index contributed by atoms with van der Waals surface area (Å²) in [7, 11) is 0. The molecular formula is C39H68O5. The molecule has 0 aliphatic rings. The molecule has 0 aromatic rings. The Labute approximate surface area is 271 Å². The molecule has 1 unspecified atom stereocenters. The van der Waals surface area contributed by atoms with Crippen LogP contribution in [0.15, 0.2) is 48.6 Å². The topological polar surface area (TPSA) is 72.8 Å². The summed E-state index contributed by atoms with van der Waals surface area (Å²) in [6.45, 7) is 3.96. The Balaban J connectivity index is 3.53. The highest BCUT2D eigenvalue weighted by molar-refractivity contribution is 5.70. The fraction of sp³-hybridized carbons (Fsp3) is 0.744. The molecule has 5 heteroatoms. The highest BCUT2D eigenvalue weighted by Crippen LogP contribution is 2.13. The van der Waals surface area contributed by atoms with Crippen molar-refractivity contribution in [3.63, 3.8) is 0 Å². The summed E-state index contributed by atoms with van der Waals surface area (Å²) in [6, 6.07) is 0. The van der Waals surface area contributed by atoms with Crippen LogP contribution in [0.4, 0.5) is 0 Å². The molecule has 0 spiro atoms. The van der Waals surface area contributed by atoms with Crippen LogP contribution in [-0.4, -0.2) is 36.4 Å². The first kappa shape index (κ1) is 41.9. The molecular weight excluding hydrogens is 548 g/mol. The second-order valence-corrected chi connectivity index (χ2v) is 11.9. The maximum atomic E-state index is 12.1. The van der Waals surface area contributed by atoms with Gasteiger partial charge in [-0.25, -0.2) is 0 Å². The summed E-state index contributed by atoms with van der Waals surface area (Å²) in [4.78, 5) is 24.0. The molecule has 0 heterocycles. The largest absolute Gasteiger partial charge is 0.462 e. The maximum Gasteiger partial charge on any atom is 0.306 e. The molecule has 44 heavy (non-hydrogen) atoms. The van der Waals surface area contributed by atoms with Crippen LogP contribution in [0.2, 0.25) is 0 Å². The average molecular weight is 617 g/mol. The minimum absolute atomic E-state index is 0.0675. The number of unbranched alkanes of at least 4 members (excludes halogenated alkanes) is 16. The minimum Gasteiger partial charge on any atom is -0.462 e. The number of esters is 2. The predicted octanol–water partition coefficient (Wildman–Crippen LogP) is 11.1. The molecule has 0 rings (SSSR count). The minimum atomic E-state index is -0.769. The first-order valence-electron chi connectivity index (χ1n) is 18.2. The molecule has 1 atom stereocenters. The highest BCUT2D eigenvalue weighted by atomic mass is 16.6. The van der Waals surface area contributed by atoms with Crippen LogP contribution in [0, 0.1) is 0 Å². The first-order valence-corrected chi connectivity index (χ1v) is 18.2. The number of aliphatic hydroxyl groups is 1. The fourth-order valence-electron chi connectivity index (χ4n) is 4.90. The van der Waals surface area contributed by atoms with E-state index in [4.69, 9.17) is 9.47 Å². The number of rotatable bonds is 32. The monoisotopic (exact) mass is 617 g/mol. The molecule has 0 saturated carbocycles. The molecule has 1 N–H and O–H groups in total. The lowest BCUT2D eigenvalue weighted by Crippen LogP contribution is -2.28. The number of carbonyl (C=O) groups is 2. The highest BCUT2D eigenvalue weighted by Gasteiger charge is 2.16. The Bertz CT molecular complexity index is 752. The van der Waals surface area contributed by atoms with Crippen molar-refractivity contribution in [2.45, 2.75) is 174 Å². The molecule has 0 fully saturated rings. The van der Waals surface area contributed by atoms with Gasteiger partial charge in [-0.15, -0.1) is 0 Å². The normalized spacial score (nSPS) is 12.7. The van der Waals surface area contributed by atoms with Gasteiger partial charge in [0.2, 0.25) is 0 Å². The Kier molecular flexibility index (Phi) is 33.6. The van der Waals surface area contributed by atoms with Crippen molar-refractivity contribution < 1.29 is 24.2 Å². The second kappa shape index (κ2) is 35.3. The van der Waals surface area contributed by atoms with Gasteiger partial charge in [-0.3, -0.25) is 9.59 Å². The SMILES string of the molecule is CC/C=C\C/C=C\C/C=C\C/C=C\CCCCCCCCCCCCC(=O)OC(CO)COC(=O)CCCCCCCCC.